The largest absolute Gasteiger partial charge is 0.389 e. The molecule has 2 N–H and O–H groups in total. The van der Waals surface area contributed by atoms with E-state index in [0.717, 1.165) is 25.7 Å². The molecule has 1 heterocycles. The molecule has 0 spiro atoms. The van der Waals surface area contributed by atoms with Crippen LogP contribution in [0.25, 0.3) is 0 Å². The second-order valence-corrected chi connectivity index (χ2v) is 6.97. The molecule has 1 aliphatic rings. The van der Waals surface area contributed by atoms with Crippen molar-refractivity contribution in [3.8, 4) is 0 Å². The van der Waals surface area contributed by atoms with Crippen molar-refractivity contribution >= 4 is 10.0 Å². The van der Waals surface area contributed by atoms with Crippen molar-refractivity contribution in [3.05, 3.63) is 12.3 Å². The van der Waals surface area contributed by atoms with Crippen LogP contribution in [0.15, 0.2) is 17.3 Å². The van der Waals surface area contributed by atoms with Gasteiger partial charge in [-0.1, -0.05) is 25.7 Å². The Bertz CT molecular complexity index is 516. The topological polar surface area (TPSA) is 84.2 Å². The first-order valence-corrected chi connectivity index (χ1v) is 8.11. The molecule has 1 saturated carbocycles. The number of aliphatic hydroxyl groups is 1. The van der Waals surface area contributed by atoms with Gasteiger partial charge in [0.2, 0.25) is 0 Å². The van der Waals surface area contributed by atoms with Crippen LogP contribution in [-0.2, 0) is 17.1 Å². The maximum absolute atomic E-state index is 12.1. The van der Waals surface area contributed by atoms with Gasteiger partial charge in [-0.2, -0.15) is 5.10 Å². The van der Waals surface area contributed by atoms with E-state index in [1.807, 2.05) is 0 Å². The molecule has 0 atom stereocenters. The molecule has 0 unspecified atom stereocenters. The zero-order valence-corrected chi connectivity index (χ0v) is 12.0. The SMILES string of the molecule is Cn1nccc1S(=O)(=O)NCC1(O)CCCCCC1. The van der Waals surface area contributed by atoms with Crippen molar-refractivity contribution in [1.29, 1.82) is 0 Å². The van der Waals surface area contributed by atoms with Gasteiger partial charge in [-0.3, -0.25) is 4.68 Å². The molecule has 1 fully saturated rings. The minimum atomic E-state index is -3.61. The van der Waals surface area contributed by atoms with E-state index in [1.54, 1.807) is 7.05 Å². The third kappa shape index (κ3) is 3.55. The summed E-state index contributed by atoms with van der Waals surface area (Å²) < 4.78 is 28.0. The lowest BCUT2D eigenvalue weighted by molar-refractivity contribution is 0.0303. The van der Waals surface area contributed by atoms with Gasteiger partial charge in [0.25, 0.3) is 10.0 Å². The quantitative estimate of drug-likeness (QED) is 0.802. The maximum atomic E-state index is 12.1. The van der Waals surface area contributed by atoms with E-state index >= 15 is 0 Å². The third-order valence-electron chi connectivity index (χ3n) is 3.68. The van der Waals surface area contributed by atoms with Crippen molar-refractivity contribution in [2.24, 2.45) is 7.05 Å². The molecule has 6 nitrogen and oxygen atoms in total. The van der Waals surface area contributed by atoms with Crippen LogP contribution in [0, 0.1) is 0 Å². The zero-order chi connectivity index (χ0) is 13.9. The van der Waals surface area contributed by atoms with Gasteiger partial charge in [-0.05, 0) is 18.9 Å². The number of sulfonamides is 1. The van der Waals surface area contributed by atoms with Crippen LogP contribution >= 0.6 is 0 Å². The van der Waals surface area contributed by atoms with Gasteiger partial charge < -0.3 is 5.11 Å². The fraction of sp³-hybridized carbons (Fsp3) is 0.750. The van der Waals surface area contributed by atoms with Crippen LogP contribution in [0.3, 0.4) is 0 Å². The summed E-state index contributed by atoms with van der Waals surface area (Å²) in [6.45, 7) is 0.0700. The lowest BCUT2D eigenvalue weighted by atomic mass is 9.95. The van der Waals surface area contributed by atoms with E-state index in [4.69, 9.17) is 0 Å². The van der Waals surface area contributed by atoms with Crippen molar-refractivity contribution in [2.45, 2.75) is 49.2 Å². The summed E-state index contributed by atoms with van der Waals surface area (Å²) in [4.78, 5) is 0. The summed E-state index contributed by atoms with van der Waals surface area (Å²) in [6, 6.07) is 1.44. The molecule has 1 aromatic rings. The molecule has 0 bridgehead atoms. The van der Waals surface area contributed by atoms with E-state index in [-0.39, 0.29) is 11.6 Å². The third-order valence-corrected chi connectivity index (χ3v) is 5.15. The van der Waals surface area contributed by atoms with Gasteiger partial charge in [0.15, 0.2) is 5.03 Å². The average Bonchev–Trinajstić information content (AvgIpc) is 2.67. The van der Waals surface area contributed by atoms with Crippen molar-refractivity contribution < 1.29 is 13.5 Å². The van der Waals surface area contributed by atoms with Gasteiger partial charge in [-0.15, -0.1) is 0 Å². The average molecular weight is 287 g/mol. The first-order valence-electron chi connectivity index (χ1n) is 6.63. The summed E-state index contributed by atoms with van der Waals surface area (Å²) in [6.07, 6.45) is 6.86. The molecular weight excluding hydrogens is 266 g/mol. The van der Waals surface area contributed by atoms with Gasteiger partial charge in [0, 0.05) is 13.6 Å². The molecular formula is C12H21N3O3S. The van der Waals surface area contributed by atoms with Crippen molar-refractivity contribution in [3.63, 3.8) is 0 Å². The highest BCUT2D eigenvalue weighted by Gasteiger charge is 2.30. The van der Waals surface area contributed by atoms with Gasteiger partial charge in [-0.25, -0.2) is 13.1 Å². The summed E-state index contributed by atoms with van der Waals surface area (Å²) in [5.74, 6) is 0. The predicted molar refractivity (Wildman–Crippen MR) is 71.0 cm³/mol. The Morgan fingerprint density at radius 1 is 1.37 bits per heavy atom. The molecule has 0 aliphatic heterocycles. The van der Waals surface area contributed by atoms with E-state index in [9.17, 15) is 13.5 Å². The Hall–Kier alpha value is -0.920. The molecule has 1 aromatic heterocycles. The van der Waals surface area contributed by atoms with Crippen LogP contribution in [0.5, 0.6) is 0 Å². The van der Waals surface area contributed by atoms with Crippen LogP contribution in [0.4, 0.5) is 0 Å². The predicted octanol–water partition coefficient (Wildman–Crippen LogP) is 0.784. The summed E-state index contributed by atoms with van der Waals surface area (Å²) >= 11 is 0. The Labute approximate surface area is 113 Å². The van der Waals surface area contributed by atoms with E-state index in [2.05, 4.69) is 9.82 Å². The Morgan fingerprint density at radius 3 is 2.53 bits per heavy atom. The molecule has 0 amide bonds. The molecule has 19 heavy (non-hydrogen) atoms. The minimum absolute atomic E-state index is 0.0700. The van der Waals surface area contributed by atoms with Gasteiger partial charge in [0.05, 0.1) is 11.8 Å². The van der Waals surface area contributed by atoms with Crippen LogP contribution in [0.2, 0.25) is 0 Å². The molecule has 2 rings (SSSR count). The first kappa shape index (κ1) is 14.5. The van der Waals surface area contributed by atoms with Crippen molar-refractivity contribution in [1.82, 2.24) is 14.5 Å². The number of hydrogen-bond acceptors (Lipinski definition) is 4. The van der Waals surface area contributed by atoms with Crippen molar-refractivity contribution in [2.75, 3.05) is 6.54 Å². The number of rotatable bonds is 4. The fourth-order valence-electron chi connectivity index (χ4n) is 2.49. The monoisotopic (exact) mass is 287 g/mol. The highest BCUT2D eigenvalue weighted by Crippen LogP contribution is 2.26. The molecule has 0 radical (unpaired) electrons. The number of aromatic nitrogens is 2. The highest BCUT2D eigenvalue weighted by molar-refractivity contribution is 7.89. The molecule has 108 valence electrons. The Kier molecular flexibility index (Phi) is 4.27. The van der Waals surface area contributed by atoms with Crippen LogP contribution in [-0.4, -0.2) is 35.5 Å². The summed E-state index contributed by atoms with van der Waals surface area (Å²) in [5.41, 5.74) is -0.915. The first-order chi connectivity index (χ1) is 8.93. The normalized spacial score (nSPS) is 20.1. The smallest absolute Gasteiger partial charge is 0.257 e. The number of hydrogen-bond donors (Lipinski definition) is 2. The zero-order valence-electron chi connectivity index (χ0n) is 11.2. The Balaban J connectivity index is 2.03. The van der Waals surface area contributed by atoms with E-state index < -0.39 is 15.6 Å². The second-order valence-electron chi connectivity index (χ2n) is 5.26. The number of nitrogens with one attached hydrogen (secondary N) is 1. The maximum Gasteiger partial charge on any atom is 0.257 e. The molecule has 1 aliphatic carbocycles. The number of aryl methyl sites for hydroxylation is 1. The summed E-state index contributed by atoms with van der Waals surface area (Å²) in [7, 11) is -2.03. The molecule has 7 heteroatoms. The van der Waals surface area contributed by atoms with Crippen LogP contribution in [0.1, 0.15) is 38.5 Å². The van der Waals surface area contributed by atoms with E-state index in [0.29, 0.717) is 12.8 Å². The summed E-state index contributed by atoms with van der Waals surface area (Å²) in [5, 5.41) is 14.4. The second kappa shape index (κ2) is 5.60. The van der Waals surface area contributed by atoms with Gasteiger partial charge >= 0.3 is 0 Å². The Morgan fingerprint density at radius 2 is 2.00 bits per heavy atom. The fourth-order valence-corrected chi connectivity index (χ4v) is 3.73. The van der Waals surface area contributed by atoms with Gasteiger partial charge in [0.1, 0.15) is 0 Å². The lowest BCUT2D eigenvalue weighted by Gasteiger charge is -2.26. The molecule has 0 aromatic carbocycles. The number of nitrogens with zero attached hydrogens (tertiary/aromatic N) is 2. The van der Waals surface area contributed by atoms with Crippen LogP contribution < -0.4 is 4.72 Å². The minimum Gasteiger partial charge on any atom is -0.389 e. The standard InChI is InChI=1S/C12H21N3O3S/c1-15-11(6-9-13-15)19(17,18)14-10-12(16)7-4-2-3-5-8-12/h6,9,14,16H,2-5,7-8,10H2,1H3. The lowest BCUT2D eigenvalue weighted by Crippen LogP contribution is -2.42. The highest BCUT2D eigenvalue weighted by atomic mass is 32.2. The molecule has 0 saturated heterocycles. The van der Waals surface area contributed by atoms with E-state index in [1.165, 1.54) is 16.9 Å².